The highest BCUT2D eigenvalue weighted by Crippen LogP contribution is 2.39. The third kappa shape index (κ3) is 5.49. The van der Waals surface area contributed by atoms with Gasteiger partial charge in [-0.3, -0.25) is 19.6 Å². The average molecular weight is 521 g/mol. The second-order valence-electron chi connectivity index (χ2n) is 10.9. The minimum Gasteiger partial charge on any atom is -0.495 e. The molecule has 1 saturated carbocycles. The molecule has 5 rings (SSSR count). The van der Waals surface area contributed by atoms with Crippen molar-refractivity contribution in [3.63, 3.8) is 0 Å². The van der Waals surface area contributed by atoms with Gasteiger partial charge >= 0.3 is 6.09 Å². The van der Waals surface area contributed by atoms with Crippen LogP contribution >= 0.6 is 0 Å². The maximum atomic E-state index is 12.2. The molecule has 9 nitrogen and oxygen atoms in total. The van der Waals surface area contributed by atoms with Crippen molar-refractivity contribution in [2.24, 2.45) is 0 Å². The number of anilines is 1. The van der Waals surface area contributed by atoms with Gasteiger partial charge in [-0.05, 0) is 65.6 Å². The summed E-state index contributed by atoms with van der Waals surface area (Å²) in [4.78, 5) is 27.1. The molecule has 1 aromatic carbocycles. The molecular formula is C29H40N6O3. The number of fused-ring (bicyclic) bond motifs is 1. The van der Waals surface area contributed by atoms with Gasteiger partial charge in [-0.2, -0.15) is 0 Å². The number of hydrogen-bond donors (Lipinski definition) is 1. The summed E-state index contributed by atoms with van der Waals surface area (Å²) in [5.41, 5.74) is 4.33. The van der Waals surface area contributed by atoms with Gasteiger partial charge in [-0.15, -0.1) is 0 Å². The highest BCUT2D eigenvalue weighted by atomic mass is 16.6. The van der Waals surface area contributed by atoms with Gasteiger partial charge < -0.3 is 14.4 Å². The second-order valence-corrected chi connectivity index (χ2v) is 10.9. The lowest BCUT2D eigenvalue weighted by Crippen LogP contribution is -2.49. The topological polar surface area (TPSA) is 84.2 Å². The quantitative estimate of drug-likeness (QED) is 0.493. The van der Waals surface area contributed by atoms with E-state index in [4.69, 9.17) is 14.5 Å². The molecule has 2 aromatic heterocycles. The molecular weight excluding hydrogens is 480 g/mol. The summed E-state index contributed by atoms with van der Waals surface area (Å²) in [7, 11) is 3.81. The summed E-state index contributed by atoms with van der Waals surface area (Å²) in [5, 5.41) is 2.78. The fraction of sp³-hybridized carbons (Fsp3) is 0.552. The van der Waals surface area contributed by atoms with Crippen LogP contribution in [0, 0.1) is 6.92 Å². The Hall–Kier alpha value is -3.17. The molecule has 3 heterocycles. The van der Waals surface area contributed by atoms with Crippen molar-refractivity contribution in [1.29, 1.82) is 0 Å². The first-order valence-corrected chi connectivity index (χ1v) is 13.8. The molecule has 0 radical (unpaired) electrons. The number of nitrogens with zero attached hydrogens (tertiary/aromatic N) is 5. The Balaban J connectivity index is 1.41. The predicted molar refractivity (Wildman–Crippen MR) is 149 cm³/mol. The summed E-state index contributed by atoms with van der Waals surface area (Å²) >= 11 is 0. The van der Waals surface area contributed by atoms with Crippen LogP contribution in [0.15, 0.2) is 30.6 Å². The van der Waals surface area contributed by atoms with Crippen LogP contribution in [-0.4, -0.2) is 82.7 Å². The SMILES string of the molecule is COc1cc(-c2nc([C@H]3CC[C@H](N4CCN(C)CC4)CC3)n3ccnc(C)c23)ccc1NC(=O)OC(C)C. The molecule has 0 atom stereocenters. The average Bonchev–Trinajstić information content (AvgIpc) is 3.30. The van der Waals surface area contributed by atoms with Crippen LogP contribution in [0.25, 0.3) is 16.8 Å². The van der Waals surface area contributed by atoms with E-state index in [-0.39, 0.29) is 6.10 Å². The first-order valence-electron chi connectivity index (χ1n) is 13.8. The molecule has 0 unspecified atom stereocenters. The van der Waals surface area contributed by atoms with Gasteiger partial charge in [0, 0.05) is 56.1 Å². The third-order valence-electron chi connectivity index (χ3n) is 7.94. The lowest BCUT2D eigenvalue weighted by molar-refractivity contribution is 0.0872. The largest absolute Gasteiger partial charge is 0.495 e. The molecule has 204 valence electrons. The summed E-state index contributed by atoms with van der Waals surface area (Å²) in [5.74, 6) is 2.08. The number of ether oxygens (including phenoxy) is 2. The van der Waals surface area contributed by atoms with Crippen molar-refractivity contribution in [3.8, 4) is 17.0 Å². The Kier molecular flexibility index (Phi) is 7.85. The van der Waals surface area contributed by atoms with Crippen LogP contribution in [0.2, 0.25) is 0 Å². The Bertz CT molecular complexity index is 1270. The zero-order chi connectivity index (χ0) is 26.8. The standard InChI is InChI=1S/C29H40N6O3/c1-19(2)38-29(36)31-24-11-8-22(18-25(24)37-5)26-27-20(3)30-12-13-35(27)28(32-26)21-6-9-23(10-7-21)34-16-14-33(4)15-17-34/h8,11-13,18-19,21,23H,6-7,9-10,14-17H2,1-5H3,(H,31,36)/t21-,23-. The van der Waals surface area contributed by atoms with Crippen molar-refractivity contribution in [2.45, 2.75) is 64.5 Å². The smallest absolute Gasteiger partial charge is 0.411 e. The normalized spacial score (nSPS) is 21.1. The van der Waals surface area contributed by atoms with Gasteiger partial charge in [-0.25, -0.2) is 9.78 Å². The van der Waals surface area contributed by atoms with Crippen molar-refractivity contribution in [2.75, 3.05) is 45.7 Å². The van der Waals surface area contributed by atoms with Crippen molar-refractivity contribution in [3.05, 3.63) is 42.1 Å². The number of carbonyl (C=O) groups is 1. The molecule has 9 heteroatoms. The Morgan fingerprint density at radius 1 is 1.11 bits per heavy atom. The van der Waals surface area contributed by atoms with E-state index in [2.05, 4.69) is 31.5 Å². The maximum Gasteiger partial charge on any atom is 0.411 e. The Morgan fingerprint density at radius 3 is 2.53 bits per heavy atom. The van der Waals surface area contributed by atoms with E-state index in [1.54, 1.807) is 7.11 Å². The number of carbonyl (C=O) groups excluding carboxylic acids is 1. The lowest BCUT2D eigenvalue weighted by Gasteiger charge is -2.41. The summed E-state index contributed by atoms with van der Waals surface area (Å²) in [6, 6.07) is 6.42. The number of rotatable bonds is 6. The minimum absolute atomic E-state index is 0.206. The van der Waals surface area contributed by atoms with E-state index in [9.17, 15) is 4.79 Å². The first kappa shape index (κ1) is 26.4. The molecule has 1 amide bonds. The van der Waals surface area contributed by atoms with Crippen LogP contribution in [0.4, 0.5) is 10.5 Å². The number of likely N-dealkylation sites (N-methyl/N-ethyl adjacent to an activating group) is 1. The zero-order valence-electron chi connectivity index (χ0n) is 23.2. The van der Waals surface area contributed by atoms with Gasteiger partial charge in [-0.1, -0.05) is 6.07 Å². The molecule has 0 bridgehead atoms. The molecule has 1 aliphatic carbocycles. The van der Waals surface area contributed by atoms with Crippen LogP contribution in [0.5, 0.6) is 5.75 Å². The number of benzene rings is 1. The lowest BCUT2D eigenvalue weighted by atomic mass is 9.84. The van der Waals surface area contributed by atoms with Gasteiger partial charge in [0.15, 0.2) is 0 Å². The minimum atomic E-state index is -0.506. The monoisotopic (exact) mass is 520 g/mol. The molecule has 1 aliphatic heterocycles. The summed E-state index contributed by atoms with van der Waals surface area (Å²) in [6.07, 6.45) is 7.89. The van der Waals surface area contributed by atoms with Gasteiger partial charge in [0.05, 0.1) is 35.8 Å². The molecule has 2 fully saturated rings. The molecule has 1 saturated heterocycles. The molecule has 2 aliphatic rings. The van der Waals surface area contributed by atoms with E-state index in [0.717, 1.165) is 54.2 Å². The van der Waals surface area contributed by atoms with Gasteiger partial charge in [0.1, 0.15) is 11.6 Å². The Labute approximate surface area is 225 Å². The fourth-order valence-corrected chi connectivity index (χ4v) is 5.89. The number of aromatic nitrogens is 3. The van der Waals surface area contributed by atoms with E-state index < -0.39 is 6.09 Å². The van der Waals surface area contributed by atoms with E-state index in [0.29, 0.717) is 23.4 Å². The van der Waals surface area contributed by atoms with Crippen LogP contribution in [0.3, 0.4) is 0 Å². The highest BCUT2D eigenvalue weighted by molar-refractivity contribution is 5.89. The number of piperazine rings is 1. The van der Waals surface area contributed by atoms with Crippen LogP contribution in [0.1, 0.15) is 57.0 Å². The number of nitrogens with one attached hydrogen (secondary N) is 1. The van der Waals surface area contributed by atoms with Crippen molar-refractivity contribution < 1.29 is 14.3 Å². The molecule has 3 aromatic rings. The van der Waals surface area contributed by atoms with E-state index >= 15 is 0 Å². The van der Waals surface area contributed by atoms with Crippen molar-refractivity contribution in [1.82, 2.24) is 24.2 Å². The van der Waals surface area contributed by atoms with Gasteiger partial charge in [0.25, 0.3) is 0 Å². The van der Waals surface area contributed by atoms with Crippen LogP contribution in [-0.2, 0) is 4.74 Å². The first-order chi connectivity index (χ1) is 18.3. The maximum absolute atomic E-state index is 12.2. The summed E-state index contributed by atoms with van der Waals surface area (Å²) < 4.78 is 13.1. The zero-order valence-corrected chi connectivity index (χ0v) is 23.2. The second kappa shape index (κ2) is 11.3. The van der Waals surface area contributed by atoms with E-state index in [1.807, 2.05) is 51.4 Å². The third-order valence-corrected chi connectivity index (χ3v) is 7.94. The number of hydrogen-bond acceptors (Lipinski definition) is 7. The fourth-order valence-electron chi connectivity index (χ4n) is 5.89. The number of imidazole rings is 1. The van der Waals surface area contributed by atoms with Crippen molar-refractivity contribution >= 4 is 17.3 Å². The molecule has 38 heavy (non-hydrogen) atoms. The number of amides is 1. The predicted octanol–water partition coefficient (Wildman–Crippen LogP) is 4.94. The molecule has 0 spiro atoms. The van der Waals surface area contributed by atoms with Gasteiger partial charge in [0.2, 0.25) is 0 Å². The molecule has 1 N–H and O–H groups in total. The van der Waals surface area contributed by atoms with Crippen LogP contribution < -0.4 is 10.1 Å². The number of methoxy groups -OCH3 is 1. The van der Waals surface area contributed by atoms with E-state index in [1.165, 1.54) is 25.9 Å². The summed E-state index contributed by atoms with van der Waals surface area (Å²) in [6.45, 7) is 10.3. The number of aryl methyl sites for hydroxylation is 1. The highest BCUT2D eigenvalue weighted by Gasteiger charge is 2.31. The Morgan fingerprint density at radius 2 is 1.84 bits per heavy atom.